The average Bonchev–Trinajstić information content (AvgIpc) is 2.30. The SMILES string of the molecule is CCOCCCNC(C)CN1CCOCC1. The van der Waals surface area contributed by atoms with Gasteiger partial charge in [0.05, 0.1) is 13.2 Å². The molecule has 96 valence electrons. The molecular formula is C12H26N2O2. The first-order chi connectivity index (χ1) is 7.83. The van der Waals surface area contributed by atoms with Gasteiger partial charge in [0.2, 0.25) is 0 Å². The monoisotopic (exact) mass is 230 g/mol. The third kappa shape index (κ3) is 6.43. The van der Waals surface area contributed by atoms with E-state index in [4.69, 9.17) is 9.47 Å². The standard InChI is InChI=1S/C12H26N2O2/c1-3-15-8-4-5-13-12(2)11-14-6-9-16-10-7-14/h12-13H,3-11H2,1-2H3. The molecule has 0 spiro atoms. The minimum atomic E-state index is 0.555. The summed E-state index contributed by atoms with van der Waals surface area (Å²) in [5, 5.41) is 3.53. The molecule has 1 atom stereocenters. The molecule has 1 heterocycles. The molecule has 0 radical (unpaired) electrons. The Morgan fingerprint density at radius 2 is 2.12 bits per heavy atom. The summed E-state index contributed by atoms with van der Waals surface area (Å²) < 4.78 is 10.6. The first-order valence-corrected chi connectivity index (χ1v) is 6.44. The van der Waals surface area contributed by atoms with Crippen molar-refractivity contribution in [3.05, 3.63) is 0 Å². The molecule has 4 heteroatoms. The van der Waals surface area contributed by atoms with Gasteiger partial charge in [0.25, 0.3) is 0 Å². The van der Waals surface area contributed by atoms with Crippen molar-refractivity contribution in [2.75, 3.05) is 52.6 Å². The summed E-state index contributed by atoms with van der Waals surface area (Å²) in [6, 6.07) is 0.555. The summed E-state index contributed by atoms with van der Waals surface area (Å²) in [5.41, 5.74) is 0. The highest BCUT2D eigenvalue weighted by atomic mass is 16.5. The number of morpholine rings is 1. The van der Waals surface area contributed by atoms with Crippen LogP contribution < -0.4 is 5.32 Å². The second-order valence-electron chi connectivity index (χ2n) is 4.32. The molecule has 1 N–H and O–H groups in total. The van der Waals surface area contributed by atoms with Crippen LogP contribution in [0.25, 0.3) is 0 Å². The Morgan fingerprint density at radius 1 is 1.38 bits per heavy atom. The summed E-state index contributed by atoms with van der Waals surface area (Å²) in [6.45, 7) is 12.1. The van der Waals surface area contributed by atoms with Crippen LogP contribution in [0.15, 0.2) is 0 Å². The second kappa shape index (κ2) is 8.93. The lowest BCUT2D eigenvalue weighted by molar-refractivity contribution is 0.0343. The molecule has 0 saturated carbocycles. The minimum Gasteiger partial charge on any atom is -0.382 e. The molecular weight excluding hydrogens is 204 g/mol. The Bertz CT molecular complexity index is 161. The minimum absolute atomic E-state index is 0.555. The van der Waals surface area contributed by atoms with Gasteiger partial charge in [-0.1, -0.05) is 0 Å². The molecule has 4 nitrogen and oxygen atoms in total. The van der Waals surface area contributed by atoms with Crippen LogP contribution in [-0.2, 0) is 9.47 Å². The van der Waals surface area contributed by atoms with Gasteiger partial charge in [-0.05, 0) is 26.8 Å². The Labute approximate surface area is 99.3 Å². The fourth-order valence-corrected chi connectivity index (χ4v) is 1.90. The molecule has 1 saturated heterocycles. The van der Waals surface area contributed by atoms with E-state index in [0.717, 1.165) is 59.0 Å². The van der Waals surface area contributed by atoms with Gasteiger partial charge in [-0.25, -0.2) is 0 Å². The maximum atomic E-state index is 5.33. The highest BCUT2D eigenvalue weighted by molar-refractivity contribution is 4.69. The number of rotatable bonds is 8. The fraction of sp³-hybridized carbons (Fsp3) is 1.00. The smallest absolute Gasteiger partial charge is 0.0594 e. The molecule has 0 bridgehead atoms. The molecule has 0 aliphatic carbocycles. The zero-order valence-electron chi connectivity index (χ0n) is 10.7. The van der Waals surface area contributed by atoms with Gasteiger partial charge in [0, 0.05) is 38.9 Å². The lowest BCUT2D eigenvalue weighted by atomic mass is 10.2. The zero-order chi connectivity index (χ0) is 11.6. The molecule has 16 heavy (non-hydrogen) atoms. The summed E-state index contributed by atoms with van der Waals surface area (Å²) >= 11 is 0. The van der Waals surface area contributed by atoms with E-state index >= 15 is 0 Å². The van der Waals surface area contributed by atoms with Crippen LogP contribution in [0.1, 0.15) is 20.3 Å². The van der Waals surface area contributed by atoms with Gasteiger partial charge >= 0.3 is 0 Å². The van der Waals surface area contributed by atoms with Gasteiger partial charge < -0.3 is 14.8 Å². The number of hydrogen-bond donors (Lipinski definition) is 1. The highest BCUT2D eigenvalue weighted by Crippen LogP contribution is 1.98. The number of nitrogens with one attached hydrogen (secondary N) is 1. The molecule has 0 aromatic heterocycles. The van der Waals surface area contributed by atoms with Crippen molar-refractivity contribution in [1.29, 1.82) is 0 Å². The topological polar surface area (TPSA) is 33.7 Å². The van der Waals surface area contributed by atoms with Crippen molar-refractivity contribution in [2.24, 2.45) is 0 Å². The molecule has 0 aromatic rings. The van der Waals surface area contributed by atoms with E-state index in [1.165, 1.54) is 0 Å². The van der Waals surface area contributed by atoms with Crippen LogP contribution in [0, 0.1) is 0 Å². The quantitative estimate of drug-likeness (QED) is 0.623. The van der Waals surface area contributed by atoms with Gasteiger partial charge in [0.1, 0.15) is 0 Å². The van der Waals surface area contributed by atoms with E-state index in [9.17, 15) is 0 Å². The zero-order valence-corrected chi connectivity index (χ0v) is 10.7. The Kier molecular flexibility index (Phi) is 7.76. The van der Waals surface area contributed by atoms with Crippen molar-refractivity contribution >= 4 is 0 Å². The van der Waals surface area contributed by atoms with Gasteiger partial charge in [-0.15, -0.1) is 0 Å². The van der Waals surface area contributed by atoms with Crippen molar-refractivity contribution < 1.29 is 9.47 Å². The third-order valence-corrected chi connectivity index (χ3v) is 2.80. The van der Waals surface area contributed by atoms with Crippen molar-refractivity contribution in [3.63, 3.8) is 0 Å². The van der Waals surface area contributed by atoms with Crippen molar-refractivity contribution in [3.8, 4) is 0 Å². The summed E-state index contributed by atoms with van der Waals surface area (Å²) in [7, 11) is 0. The second-order valence-corrected chi connectivity index (χ2v) is 4.32. The van der Waals surface area contributed by atoms with E-state index in [2.05, 4.69) is 17.1 Å². The predicted molar refractivity (Wildman–Crippen MR) is 65.8 cm³/mol. The van der Waals surface area contributed by atoms with E-state index in [1.807, 2.05) is 6.92 Å². The van der Waals surface area contributed by atoms with Gasteiger partial charge in [0.15, 0.2) is 0 Å². The third-order valence-electron chi connectivity index (χ3n) is 2.80. The van der Waals surface area contributed by atoms with E-state index in [1.54, 1.807) is 0 Å². The number of ether oxygens (including phenoxy) is 2. The van der Waals surface area contributed by atoms with Crippen LogP contribution in [0.2, 0.25) is 0 Å². The Morgan fingerprint density at radius 3 is 2.81 bits per heavy atom. The predicted octanol–water partition coefficient (Wildman–Crippen LogP) is 0.723. The molecule has 1 fully saturated rings. The highest BCUT2D eigenvalue weighted by Gasteiger charge is 2.12. The van der Waals surface area contributed by atoms with Crippen molar-refractivity contribution in [1.82, 2.24) is 10.2 Å². The maximum absolute atomic E-state index is 5.33. The van der Waals surface area contributed by atoms with Gasteiger partial charge in [-0.3, -0.25) is 4.90 Å². The molecule has 0 aromatic carbocycles. The average molecular weight is 230 g/mol. The summed E-state index contributed by atoms with van der Waals surface area (Å²) in [6.07, 6.45) is 1.10. The molecule has 1 aliphatic rings. The van der Waals surface area contributed by atoms with E-state index in [-0.39, 0.29) is 0 Å². The first-order valence-electron chi connectivity index (χ1n) is 6.44. The lowest BCUT2D eigenvalue weighted by Gasteiger charge is -2.29. The maximum Gasteiger partial charge on any atom is 0.0594 e. The summed E-state index contributed by atoms with van der Waals surface area (Å²) in [4.78, 5) is 2.46. The van der Waals surface area contributed by atoms with Crippen LogP contribution in [-0.4, -0.2) is 63.5 Å². The number of nitrogens with zero attached hydrogens (tertiary/aromatic N) is 1. The fourth-order valence-electron chi connectivity index (χ4n) is 1.90. The van der Waals surface area contributed by atoms with E-state index < -0.39 is 0 Å². The van der Waals surface area contributed by atoms with Crippen molar-refractivity contribution in [2.45, 2.75) is 26.3 Å². The lowest BCUT2D eigenvalue weighted by Crippen LogP contribution is -2.44. The number of hydrogen-bond acceptors (Lipinski definition) is 4. The molecule has 0 amide bonds. The largest absolute Gasteiger partial charge is 0.382 e. The van der Waals surface area contributed by atoms with Crippen LogP contribution in [0.5, 0.6) is 0 Å². The summed E-state index contributed by atoms with van der Waals surface area (Å²) in [5.74, 6) is 0. The van der Waals surface area contributed by atoms with Crippen LogP contribution >= 0.6 is 0 Å². The molecule has 1 aliphatic heterocycles. The van der Waals surface area contributed by atoms with Crippen LogP contribution in [0.3, 0.4) is 0 Å². The first kappa shape index (κ1) is 13.9. The Hall–Kier alpha value is -0.160. The molecule has 1 rings (SSSR count). The molecule has 1 unspecified atom stereocenters. The normalized spacial score (nSPS) is 19.9. The van der Waals surface area contributed by atoms with Gasteiger partial charge in [-0.2, -0.15) is 0 Å². The van der Waals surface area contributed by atoms with E-state index in [0.29, 0.717) is 6.04 Å². The van der Waals surface area contributed by atoms with Crippen LogP contribution in [0.4, 0.5) is 0 Å². The Balaban J connectivity index is 1.95.